The van der Waals surface area contributed by atoms with Crippen molar-refractivity contribution in [3.8, 4) is 0 Å². The molecule has 0 N–H and O–H groups in total. The third-order valence-electron chi connectivity index (χ3n) is 1.97. The van der Waals surface area contributed by atoms with Gasteiger partial charge in [-0.15, -0.1) is 0 Å². The molecule has 13 heavy (non-hydrogen) atoms. The Morgan fingerprint density at radius 1 is 1.38 bits per heavy atom. The van der Waals surface area contributed by atoms with Crippen molar-refractivity contribution in [2.45, 2.75) is 6.92 Å². The molecule has 0 aliphatic carbocycles. The second-order valence-corrected chi connectivity index (χ2v) is 4.40. The van der Waals surface area contributed by atoms with E-state index in [0.29, 0.717) is 0 Å². The number of benzene rings is 1. The molecule has 0 aliphatic rings. The van der Waals surface area contributed by atoms with Crippen LogP contribution in [0.5, 0.6) is 0 Å². The van der Waals surface area contributed by atoms with Crippen LogP contribution in [0.3, 0.4) is 0 Å². The number of pyridine rings is 1. The molecule has 1 aromatic heterocycles. The molecule has 0 radical (unpaired) electrons. The maximum absolute atomic E-state index is 5.88. The monoisotopic (exact) mass is 303 g/mol. The summed E-state index contributed by atoms with van der Waals surface area (Å²) < 4.78 is 1.20. The van der Waals surface area contributed by atoms with Gasteiger partial charge in [0.25, 0.3) is 0 Å². The van der Waals surface area contributed by atoms with E-state index in [0.717, 1.165) is 16.1 Å². The minimum Gasteiger partial charge on any atom is -0.260 e. The van der Waals surface area contributed by atoms with Gasteiger partial charge in [0, 0.05) is 20.2 Å². The van der Waals surface area contributed by atoms with Crippen LogP contribution in [-0.2, 0) is 0 Å². The molecule has 0 amide bonds. The van der Waals surface area contributed by atoms with E-state index >= 15 is 0 Å². The van der Waals surface area contributed by atoms with Crippen LogP contribution in [0.4, 0.5) is 0 Å². The maximum Gasteiger partial charge on any atom is 0.0512 e. The standard InChI is InChI=1S/C10H7ClIN/c1-6-10(12)9-3-2-8(11)4-7(9)5-13-6/h2-5H,1H3. The molecule has 0 bridgehead atoms. The minimum absolute atomic E-state index is 0.758. The van der Waals surface area contributed by atoms with Crippen molar-refractivity contribution < 1.29 is 0 Å². The zero-order chi connectivity index (χ0) is 9.42. The second-order valence-electron chi connectivity index (χ2n) is 2.89. The van der Waals surface area contributed by atoms with Crippen LogP contribution in [0.2, 0.25) is 5.02 Å². The summed E-state index contributed by atoms with van der Waals surface area (Å²) in [7, 11) is 0. The van der Waals surface area contributed by atoms with E-state index in [-0.39, 0.29) is 0 Å². The SMILES string of the molecule is Cc1ncc2cc(Cl)ccc2c1I. The number of aryl methyl sites for hydroxylation is 1. The van der Waals surface area contributed by atoms with Crippen molar-refractivity contribution >= 4 is 45.0 Å². The molecule has 0 saturated carbocycles. The van der Waals surface area contributed by atoms with Gasteiger partial charge >= 0.3 is 0 Å². The molecule has 1 nitrogen and oxygen atoms in total. The summed E-state index contributed by atoms with van der Waals surface area (Å²) in [6, 6.07) is 5.88. The van der Waals surface area contributed by atoms with Gasteiger partial charge in [-0.05, 0) is 47.0 Å². The van der Waals surface area contributed by atoms with Crippen LogP contribution >= 0.6 is 34.2 Å². The van der Waals surface area contributed by atoms with E-state index in [2.05, 4.69) is 27.6 Å². The van der Waals surface area contributed by atoms with Gasteiger partial charge in [-0.25, -0.2) is 0 Å². The van der Waals surface area contributed by atoms with Gasteiger partial charge in [-0.3, -0.25) is 4.98 Å². The van der Waals surface area contributed by atoms with Crippen LogP contribution < -0.4 is 0 Å². The lowest BCUT2D eigenvalue weighted by Crippen LogP contribution is -1.87. The maximum atomic E-state index is 5.88. The molecule has 2 rings (SSSR count). The lowest BCUT2D eigenvalue weighted by atomic mass is 10.1. The van der Waals surface area contributed by atoms with Gasteiger partial charge in [0.1, 0.15) is 0 Å². The van der Waals surface area contributed by atoms with E-state index < -0.39 is 0 Å². The Kier molecular flexibility index (Phi) is 2.43. The van der Waals surface area contributed by atoms with Crippen LogP contribution in [-0.4, -0.2) is 4.98 Å². The third kappa shape index (κ3) is 1.65. The zero-order valence-corrected chi connectivity index (χ0v) is 9.93. The molecule has 0 spiro atoms. The highest BCUT2D eigenvalue weighted by Gasteiger charge is 2.02. The molecule has 1 aromatic carbocycles. The number of hydrogen-bond donors (Lipinski definition) is 0. The molecule has 1 heterocycles. The molecule has 66 valence electrons. The van der Waals surface area contributed by atoms with Gasteiger partial charge in [0.15, 0.2) is 0 Å². The fourth-order valence-electron chi connectivity index (χ4n) is 1.26. The van der Waals surface area contributed by atoms with Crippen molar-refractivity contribution in [1.82, 2.24) is 4.98 Å². The van der Waals surface area contributed by atoms with E-state index in [1.54, 1.807) is 0 Å². The minimum atomic E-state index is 0.758. The summed E-state index contributed by atoms with van der Waals surface area (Å²) in [6.07, 6.45) is 1.86. The summed E-state index contributed by atoms with van der Waals surface area (Å²) in [5.74, 6) is 0. The quantitative estimate of drug-likeness (QED) is 0.675. The first-order chi connectivity index (χ1) is 6.18. The molecule has 0 aliphatic heterocycles. The molecule has 3 heteroatoms. The first kappa shape index (κ1) is 9.21. The second kappa shape index (κ2) is 3.42. The normalized spacial score (nSPS) is 10.7. The fraction of sp³-hybridized carbons (Fsp3) is 0.100. The van der Waals surface area contributed by atoms with Gasteiger partial charge < -0.3 is 0 Å². The summed E-state index contributed by atoms with van der Waals surface area (Å²) in [5.41, 5.74) is 1.07. The summed E-state index contributed by atoms with van der Waals surface area (Å²) in [5, 5.41) is 3.08. The molecule has 0 saturated heterocycles. The van der Waals surface area contributed by atoms with E-state index in [1.165, 1.54) is 8.96 Å². The first-order valence-corrected chi connectivity index (χ1v) is 5.34. The number of nitrogens with zero attached hydrogens (tertiary/aromatic N) is 1. The van der Waals surface area contributed by atoms with Crippen molar-refractivity contribution in [3.05, 3.63) is 38.7 Å². The lowest BCUT2D eigenvalue weighted by molar-refractivity contribution is 1.20. The smallest absolute Gasteiger partial charge is 0.0512 e. The van der Waals surface area contributed by atoms with Crippen molar-refractivity contribution in [2.75, 3.05) is 0 Å². The number of halogens is 2. The van der Waals surface area contributed by atoms with E-state index in [1.807, 2.05) is 31.3 Å². The Balaban J connectivity index is 2.87. The summed E-state index contributed by atoms with van der Waals surface area (Å²) in [6.45, 7) is 2.01. The third-order valence-corrected chi connectivity index (χ3v) is 3.56. The van der Waals surface area contributed by atoms with Crippen LogP contribution in [0.15, 0.2) is 24.4 Å². The summed E-state index contributed by atoms with van der Waals surface area (Å²) >= 11 is 8.19. The van der Waals surface area contributed by atoms with Crippen LogP contribution in [0.25, 0.3) is 10.8 Å². The Morgan fingerprint density at radius 2 is 2.15 bits per heavy atom. The number of hydrogen-bond acceptors (Lipinski definition) is 1. The molecular weight excluding hydrogens is 296 g/mol. The lowest BCUT2D eigenvalue weighted by Gasteiger charge is -2.03. The number of aromatic nitrogens is 1. The average molecular weight is 304 g/mol. The Hall–Kier alpha value is -0.350. The zero-order valence-electron chi connectivity index (χ0n) is 7.01. The largest absolute Gasteiger partial charge is 0.260 e. The molecule has 0 unspecified atom stereocenters. The highest BCUT2D eigenvalue weighted by atomic mass is 127. The molecule has 0 fully saturated rings. The fourth-order valence-corrected chi connectivity index (χ4v) is 2.07. The topological polar surface area (TPSA) is 12.9 Å². The Morgan fingerprint density at radius 3 is 2.92 bits per heavy atom. The highest BCUT2D eigenvalue weighted by molar-refractivity contribution is 14.1. The number of fused-ring (bicyclic) bond motifs is 1. The summed E-state index contributed by atoms with van der Waals surface area (Å²) in [4.78, 5) is 4.28. The van der Waals surface area contributed by atoms with Crippen LogP contribution in [0, 0.1) is 10.5 Å². The Bertz CT molecular complexity index is 468. The van der Waals surface area contributed by atoms with Crippen molar-refractivity contribution in [1.29, 1.82) is 0 Å². The van der Waals surface area contributed by atoms with Crippen molar-refractivity contribution in [3.63, 3.8) is 0 Å². The molecule has 2 aromatic rings. The molecule has 0 atom stereocenters. The highest BCUT2D eigenvalue weighted by Crippen LogP contribution is 2.24. The van der Waals surface area contributed by atoms with Gasteiger partial charge in [0.2, 0.25) is 0 Å². The Labute approximate surface area is 95.3 Å². The van der Waals surface area contributed by atoms with E-state index in [4.69, 9.17) is 11.6 Å². The predicted molar refractivity (Wildman–Crippen MR) is 64.2 cm³/mol. The van der Waals surface area contributed by atoms with Gasteiger partial charge in [0.05, 0.1) is 5.69 Å². The molecular formula is C10H7ClIN. The van der Waals surface area contributed by atoms with Crippen molar-refractivity contribution in [2.24, 2.45) is 0 Å². The number of rotatable bonds is 0. The van der Waals surface area contributed by atoms with Gasteiger partial charge in [-0.2, -0.15) is 0 Å². The predicted octanol–water partition coefficient (Wildman–Crippen LogP) is 3.80. The van der Waals surface area contributed by atoms with Gasteiger partial charge in [-0.1, -0.05) is 17.7 Å². The first-order valence-electron chi connectivity index (χ1n) is 3.89. The van der Waals surface area contributed by atoms with E-state index in [9.17, 15) is 0 Å². The average Bonchev–Trinajstić information content (AvgIpc) is 2.12. The van der Waals surface area contributed by atoms with Crippen LogP contribution in [0.1, 0.15) is 5.69 Å².